The van der Waals surface area contributed by atoms with Gasteiger partial charge in [0.05, 0.1) is 16.4 Å². The van der Waals surface area contributed by atoms with Gasteiger partial charge in [-0.05, 0) is 44.0 Å². The lowest BCUT2D eigenvalue weighted by molar-refractivity contribution is 0.418. The molecule has 138 valence electrons. The largest absolute Gasteiger partial charge is 0.456 e. The smallest absolute Gasteiger partial charge is 0.186 e. The highest BCUT2D eigenvalue weighted by Gasteiger charge is 2.22. The Morgan fingerprint density at radius 2 is 2.00 bits per heavy atom. The van der Waals surface area contributed by atoms with Crippen molar-refractivity contribution in [2.45, 2.75) is 45.1 Å². The first-order valence-electron chi connectivity index (χ1n) is 9.48. The summed E-state index contributed by atoms with van der Waals surface area (Å²) >= 11 is 1.73. The molecule has 0 atom stereocenters. The summed E-state index contributed by atoms with van der Waals surface area (Å²) in [6, 6.07) is 12.0. The van der Waals surface area contributed by atoms with Crippen molar-refractivity contribution in [3.63, 3.8) is 0 Å². The minimum absolute atomic E-state index is 0.382. The van der Waals surface area contributed by atoms with E-state index in [1.54, 1.807) is 29.7 Å². The summed E-state index contributed by atoms with van der Waals surface area (Å²) in [4.78, 5) is 11.4. The third-order valence-corrected chi connectivity index (χ3v) is 6.09. The number of fused-ring (bicyclic) bond motifs is 1. The van der Waals surface area contributed by atoms with Crippen LogP contribution in [0.15, 0.2) is 36.5 Å². The van der Waals surface area contributed by atoms with E-state index >= 15 is 0 Å². The molecule has 4 rings (SSSR count). The second kappa shape index (κ2) is 7.93. The van der Waals surface area contributed by atoms with Gasteiger partial charge in [0.15, 0.2) is 5.13 Å². The van der Waals surface area contributed by atoms with Gasteiger partial charge >= 0.3 is 0 Å². The molecule has 0 unspecified atom stereocenters. The van der Waals surface area contributed by atoms with Gasteiger partial charge in [0.25, 0.3) is 0 Å². The number of ether oxygens (including phenoxy) is 1. The van der Waals surface area contributed by atoms with E-state index in [9.17, 15) is 0 Å². The van der Waals surface area contributed by atoms with Crippen LogP contribution in [0.1, 0.15) is 44.7 Å². The Hall–Kier alpha value is -2.65. The van der Waals surface area contributed by atoms with Crippen LogP contribution in [0.5, 0.6) is 11.5 Å². The summed E-state index contributed by atoms with van der Waals surface area (Å²) in [7, 11) is 0. The summed E-state index contributed by atoms with van der Waals surface area (Å²) in [5, 5.41) is 9.94. The average Bonchev–Trinajstić information content (AvgIpc) is 3.13. The summed E-state index contributed by atoms with van der Waals surface area (Å²) < 4.78 is 7.02. The molecule has 3 aromatic rings. The maximum absolute atomic E-state index is 8.84. The Morgan fingerprint density at radius 3 is 2.70 bits per heavy atom. The number of aromatic nitrogens is 2. The fraction of sp³-hybridized carbons (Fsp3) is 0.381. The lowest BCUT2D eigenvalue weighted by Gasteiger charge is -2.33. The van der Waals surface area contributed by atoms with E-state index < -0.39 is 0 Å². The summed E-state index contributed by atoms with van der Waals surface area (Å²) in [6.45, 7) is 3.21. The molecule has 2 heterocycles. The predicted octanol–water partition coefficient (Wildman–Crippen LogP) is 5.51. The van der Waals surface area contributed by atoms with Crippen molar-refractivity contribution in [1.82, 2.24) is 9.97 Å². The van der Waals surface area contributed by atoms with Crippen LogP contribution < -0.4 is 9.64 Å². The van der Waals surface area contributed by atoms with E-state index in [2.05, 4.69) is 16.8 Å². The summed E-state index contributed by atoms with van der Waals surface area (Å²) in [5.41, 5.74) is 1.39. The molecular formula is C21H22N4OS. The lowest BCUT2D eigenvalue weighted by Crippen LogP contribution is -2.36. The summed E-state index contributed by atoms with van der Waals surface area (Å²) in [5.74, 6) is 1.38. The second-order valence-corrected chi connectivity index (χ2v) is 7.81. The topological polar surface area (TPSA) is 62.0 Å². The molecule has 1 aliphatic carbocycles. The molecule has 0 saturated heterocycles. The zero-order valence-corrected chi connectivity index (χ0v) is 16.2. The lowest BCUT2D eigenvalue weighted by atomic mass is 9.94. The predicted molar refractivity (Wildman–Crippen MR) is 109 cm³/mol. The van der Waals surface area contributed by atoms with Gasteiger partial charge in [-0.2, -0.15) is 5.26 Å². The molecular weight excluding hydrogens is 356 g/mol. The number of hydrogen-bond acceptors (Lipinski definition) is 6. The van der Waals surface area contributed by atoms with Gasteiger partial charge in [-0.3, -0.25) is 0 Å². The van der Waals surface area contributed by atoms with Crippen molar-refractivity contribution < 1.29 is 4.74 Å². The zero-order chi connectivity index (χ0) is 18.6. The Morgan fingerprint density at radius 1 is 1.19 bits per heavy atom. The van der Waals surface area contributed by atoms with Crippen molar-refractivity contribution in [1.29, 1.82) is 5.26 Å². The molecule has 6 heteroatoms. The molecule has 0 radical (unpaired) electrons. The van der Waals surface area contributed by atoms with Gasteiger partial charge in [0.1, 0.15) is 23.3 Å². The first-order chi connectivity index (χ1) is 13.3. The van der Waals surface area contributed by atoms with Crippen LogP contribution in [-0.4, -0.2) is 22.6 Å². The third-order valence-electron chi connectivity index (χ3n) is 5.04. The molecule has 0 bridgehead atoms. The maximum Gasteiger partial charge on any atom is 0.186 e. The summed E-state index contributed by atoms with van der Waals surface area (Å²) in [6.07, 6.45) is 8.11. The van der Waals surface area contributed by atoms with Crippen molar-refractivity contribution in [3.05, 3.63) is 42.2 Å². The highest BCUT2D eigenvalue weighted by molar-refractivity contribution is 7.22. The van der Waals surface area contributed by atoms with Crippen LogP contribution in [-0.2, 0) is 0 Å². The van der Waals surface area contributed by atoms with Gasteiger partial charge in [0, 0.05) is 18.7 Å². The number of nitrogens with zero attached hydrogens (tertiary/aromatic N) is 4. The van der Waals surface area contributed by atoms with Gasteiger partial charge in [0.2, 0.25) is 0 Å². The molecule has 0 N–H and O–H groups in total. The number of pyridine rings is 1. The molecule has 0 amide bonds. The van der Waals surface area contributed by atoms with E-state index in [-0.39, 0.29) is 0 Å². The van der Waals surface area contributed by atoms with Crippen LogP contribution in [0.2, 0.25) is 0 Å². The Bertz CT molecular complexity index is 954. The molecule has 2 aromatic heterocycles. The standard InChI is InChI=1S/C21H22N4OS/c1-2-25(16-6-4-3-5-7-16)21-24-19-11-10-17(12-20(19)27-21)26-18-9-8-15(13-22)23-14-18/h8-12,14,16H,2-7H2,1H3. The van der Waals surface area contributed by atoms with E-state index in [1.165, 1.54) is 32.1 Å². The second-order valence-electron chi connectivity index (χ2n) is 6.80. The van der Waals surface area contributed by atoms with E-state index in [0.29, 0.717) is 17.5 Å². The molecule has 1 fully saturated rings. The van der Waals surface area contributed by atoms with Crippen molar-refractivity contribution in [3.8, 4) is 17.6 Å². The molecule has 5 nitrogen and oxygen atoms in total. The monoisotopic (exact) mass is 378 g/mol. The van der Waals surface area contributed by atoms with Crippen LogP contribution in [0.25, 0.3) is 10.2 Å². The van der Waals surface area contributed by atoms with Gasteiger partial charge < -0.3 is 9.64 Å². The van der Waals surface area contributed by atoms with E-state index in [1.807, 2.05) is 24.3 Å². The molecule has 27 heavy (non-hydrogen) atoms. The zero-order valence-electron chi connectivity index (χ0n) is 15.4. The minimum atomic E-state index is 0.382. The minimum Gasteiger partial charge on any atom is -0.456 e. The van der Waals surface area contributed by atoms with Gasteiger partial charge in [-0.1, -0.05) is 30.6 Å². The first kappa shape index (κ1) is 17.7. The van der Waals surface area contributed by atoms with Crippen LogP contribution in [0.4, 0.5) is 5.13 Å². The first-order valence-corrected chi connectivity index (χ1v) is 10.3. The van der Waals surface area contributed by atoms with Gasteiger partial charge in [-0.15, -0.1) is 0 Å². The van der Waals surface area contributed by atoms with Gasteiger partial charge in [-0.25, -0.2) is 9.97 Å². The molecule has 1 saturated carbocycles. The van der Waals surface area contributed by atoms with Crippen molar-refractivity contribution in [2.24, 2.45) is 0 Å². The highest BCUT2D eigenvalue weighted by Crippen LogP contribution is 2.35. The Labute approximate surface area is 163 Å². The molecule has 0 aliphatic heterocycles. The molecule has 1 aromatic carbocycles. The van der Waals surface area contributed by atoms with Crippen molar-refractivity contribution in [2.75, 3.05) is 11.4 Å². The SMILES string of the molecule is CCN(c1nc2ccc(Oc3ccc(C#N)nc3)cc2s1)C1CCCCC1. The van der Waals surface area contributed by atoms with Crippen LogP contribution >= 0.6 is 11.3 Å². The number of thiazole rings is 1. The Kier molecular flexibility index (Phi) is 5.21. The van der Waals surface area contributed by atoms with E-state index in [4.69, 9.17) is 15.0 Å². The maximum atomic E-state index is 8.84. The van der Waals surface area contributed by atoms with Crippen LogP contribution in [0.3, 0.4) is 0 Å². The number of anilines is 1. The normalized spacial score (nSPS) is 14.8. The molecule has 0 spiro atoms. The third kappa shape index (κ3) is 3.88. The number of rotatable bonds is 5. The number of nitriles is 1. The van der Waals surface area contributed by atoms with Crippen molar-refractivity contribution >= 4 is 26.7 Å². The van der Waals surface area contributed by atoms with Crippen LogP contribution in [0, 0.1) is 11.3 Å². The fourth-order valence-electron chi connectivity index (χ4n) is 3.66. The fourth-order valence-corrected chi connectivity index (χ4v) is 4.79. The highest BCUT2D eigenvalue weighted by atomic mass is 32.1. The van der Waals surface area contributed by atoms with E-state index in [0.717, 1.165) is 27.6 Å². The Balaban J connectivity index is 1.56. The number of hydrogen-bond donors (Lipinski definition) is 0. The average molecular weight is 379 g/mol. The quantitative estimate of drug-likeness (QED) is 0.585. The number of benzene rings is 1. The molecule has 1 aliphatic rings.